The van der Waals surface area contributed by atoms with E-state index < -0.39 is 0 Å². The predicted molar refractivity (Wildman–Crippen MR) is 103 cm³/mol. The number of aromatic nitrogens is 4. The van der Waals surface area contributed by atoms with Gasteiger partial charge in [0.2, 0.25) is 5.88 Å². The average Bonchev–Trinajstić information content (AvgIpc) is 3.26. The quantitative estimate of drug-likeness (QED) is 0.705. The molecule has 150 valence electrons. The Hall–Kier alpha value is -3.62. The van der Waals surface area contributed by atoms with E-state index >= 15 is 0 Å². The Kier molecular flexibility index (Phi) is 5.03. The fraction of sp³-hybridized carbons (Fsp3) is 0.300. The van der Waals surface area contributed by atoms with Crippen LogP contribution in [0.3, 0.4) is 0 Å². The van der Waals surface area contributed by atoms with Crippen molar-refractivity contribution in [1.29, 1.82) is 0 Å². The van der Waals surface area contributed by atoms with E-state index in [0.29, 0.717) is 13.0 Å². The fourth-order valence-electron chi connectivity index (χ4n) is 3.48. The van der Waals surface area contributed by atoms with Crippen LogP contribution in [0.25, 0.3) is 0 Å². The van der Waals surface area contributed by atoms with Crippen molar-refractivity contribution in [3.05, 3.63) is 59.3 Å². The molecule has 3 aromatic rings. The second kappa shape index (κ2) is 7.78. The van der Waals surface area contributed by atoms with E-state index in [9.17, 15) is 4.79 Å². The number of rotatable bonds is 5. The minimum absolute atomic E-state index is 0.0752. The van der Waals surface area contributed by atoms with Gasteiger partial charge in [-0.2, -0.15) is 9.97 Å². The molecule has 4 rings (SSSR count). The van der Waals surface area contributed by atoms with Gasteiger partial charge in [0.05, 0.1) is 33.4 Å². The molecule has 2 aromatic heterocycles. The number of methoxy groups -OCH3 is 3. The molecular formula is C20H21N5O4. The summed E-state index contributed by atoms with van der Waals surface area (Å²) < 4.78 is 15.6. The molecular weight excluding hydrogens is 374 g/mol. The molecule has 1 aliphatic heterocycles. The molecule has 0 aliphatic carbocycles. The van der Waals surface area contributed by atoms with Gasteiger partial charge in [-0.05, 0) is 17.7 Å². The molecule has 1 N–H and O–H groups in total. The maximum atomic E-state index is 13.4. The molecule has 0 spiro atoms. The molecule has 1 atom stereocenters. The zero-order valence-electron chi connectivity index (χ0n) is 16.4. The molecule has 9 heteroatoms. The Balaban J connectivity index is 1.76. The maximum Gasteiger partial charge on any atom is 0.320 e. The number of benzene rings is 1. The molecule has 0 unspecified atom stereocenters. The van der Waals surface area contributed by atoms with Crippen molar-refractivity contribution in [3.8, 4) is 17.6 Å². The van der Waals surface area contributed by atoms with Gasteiger partial charge in [0.25, 0.3) is 5.91 Å². The van der Waals surface area contributed by atoms with Gasteiger partial charge < -0.3 is 24.1 Å². The number of carbonyl (C=O) groups excluding carboxylic acids is 1. The third kappa shape index (κ3) is 3.46. The Morgan fingerprint density at radius 3 is 2.59 bits per heavy atom. The second-order valence-electron chi connectivity index (χ2n) is 6.47. The number of amides is 1. The standard InChI is InChI=1S/C20H21N5O4/c1-27-13-6-4-12(5-7-13)18-17-14(21-11-22-17)8-9-25(18)19(26)15-10-16(28-2)24-20(23-15)29-3/h4-7,10-11,18H,8-9H2,1-3H3,(H,21,22)/t18-/m0/s1. The summed E-state index contributed by atoms with van der Waals surface area (Å²) in [7, 11) is 4.54. The van der Waals surface area contributed by atoms with Gasteiger partial charge in [-0.3, -0.25) is 4.79 Å². The summed E-state index contributed by atoms with van der Waals surface area (Å²) in [5, 5.41) is 0. The monoisotopic (exact) mass is 395 g/mol. The van der Waals surface area contributed by atoms with Crippen molar-refractivity contribution in [2.24, 2.45) is 0 Å². The number of H-pyrrole nitrogens is 1. The van der Waals surface area contributed by atoms with Crippen LogP contribution in [0, 0.1) is 0 Å². The average molecular weight is 395 g/mol. The van der Waals surface area contributed by atoms with Crippen molar-refractivity contribution >= 4 is 5.91 Å². The number of ether oxygens (including phenoxy) is 3. The smallest absolute Gasteiger partial charge is 0.320 e. The van der Waals surface area contributed by atoms with Crippen LogP contribution in [0.5, 0.6) is 17.6 Å². The van der Waals surface area contributed by atoms with E-state index in [0.717, 1.165) is 22.7 Å². The number of nitrogens with one attached hydrogen (secondary N) is 1. The van der Waals surface area contributed by atoms with Crippen LogP contribution >= 0.6 is 0 Å². The van der Waals surface area contributed by atoms with E-state index in [2.05, 4.69) is 19.9 Å². The Morgan fingerprint density at radius 1 is 1.10 bits per heavy atom. The lowest BCUT2D eigenvalue weighted by molar-refractivity contribution is 0.0682. The molecule has 29 heavy (non-hydrogen) atoms. The lowest BCUT2D eigenvalue weighted by Gasteiger charge is -2.35. The predicted octanol–water partition coefficient (Wildman–Crippen LogP) is 2.01. The van der Waals surface area contributed by atoms with Crippen LogP contribution in [0.4, 0.5) is 0 Å². The van der Waals surface area contributed by atoms with E-state index in [1.165, 1.54) is 20.3 Å². The molecule has 0 fully saturated rings. The zero-order chi connectivity index (χ0) is 20.4. The summed E-state index contributed by atoms with van der Waals surface area (Å²) in [6, 6.07) is 8.85. The van der Waals surface area contributed by atoms with Gasteiger partial charge in [-0.25, -0.2) is 4.98 Å². The summed E-state index contributed by atoms with van der Waals surface area (Å²) in [4.78, 5) is 31.1. The van der Waals surface area contributed by atoms with Crippen LogP contribution in [0.15, 0.2) is 36.7 Å². The van der Waals surface area contributed by atoms with E-state index in [4.69, 9.17) is 14.2 Å². The first-order valence-corrected chi connectivity index (χ1v) is 9.08. The van der Waals surface area contributed by atoms with Crippen molar-refractivity contribution in [3.63, 3.8) is 0 Å². The number of carbonyl (C=O) groups is 1. The van der Waals surface area contributed by atoms with Crippen molar-refractivity contribution in [2.45, 2.75) is 12.5 Å². The minimum Gasteiger partial charge on any atom is -0.497 e. The first-order valence-electron chi connectivity index (χ1n) is 9.08. The largest absolute Gasteiger partial charge is 0.497 e. The van der Waals surface area contributed by atoms with Gasteiger partial charge >= 0.3 is 6.01 Å². The molecule has 9 nitrogen and oxygen atoms in total. The fourth-order valence-corrected chi connectivity index (χ4v) is 3.48. The van der Waals surface area contributed by atoms with Crippen LogP contribution in [0.2, 0.25) is 0 Å². The van der Waals surface area contributed by atoms with E-state index in [1.807, 2.05) is 24.3 Å². The number of aromatic amines is 1. The lowest BCUT2D eigenvalue weighted by atomic mass is 9.95. The van der Waals surface area contributed by atoms with E-state index in [-0.39, 0.29) is 29.5 Å². The SMILES string of the molecule is COc1ccc([C@H]2c3nc[nH]c3CCN2C(=O)c2cc(OC)nc(OC)n2)cc1. The topological polar surface area (TPSA) is 102 Å². The molecule has 1 aliphatic rings. The molecule has 1 amide bonds. The van der Waals surface area contributed by atoms with Gasteiger partial charge in [0, 0.05) is 24.7 Å². The maximum absolute atomic E-state index is 13.4. The summed E-state index contributed by atoms with van der Waals surface area (Å²) in [6.45, 7) is 0.513. The molecule has 0 bridgehead atoms. The third-order valence-corrected chi connectivity index (χ3v) is 4.91. The zero-order valence-corrected chi connectivity index (χ0v) is 16.4. The van der Waals surface area contributed by atoms with E-state index in [1.54, 1.807) is 18.3 Å². The van der Waals surface area contributed by atoms with Crippen LogP contribution in [-0.2, 0) is 6.42 Å². The van der Waals surface area contributed by atoms with Gasteiger partial charge in [-0.1, -0.05) is 12.1 Å². The van der Waals surface area contributed by atoms with Crippen LogP contribution in [0.1, 0.15) is 33.5 Å². The Morgan fingerprint density at radius 2 is 1.90 bits per heavy atom. The Labute approximate surface area is 167 Å². The molecule has 0 saturated carbocycles. The summed E-state index contributed by atoms with van der Waals surface area (Å²) in [5.41, 5.74) is 2.97. The van der Waals surface area contributed by atoms with Crippen LogP contribution in [-0.4, -0.2) is 58.6 Å². The second-order valence-corrected chi connectivity index (χ2v) is 6.47. The Bertz CT molecular complexity index is 996. The summed E-state index contributed by atoms with van der Waals surface area (Å²) in [5.74, 6) is 0.757. The summed E-state index contributed by atoms with van der Waals surface area (Å²) in [6.07, 6.45) is 2.33. The van der Waals surface area contributed by atoms with Gasteiger partial charge in [0.15, 0.2) is 0 Å². The summed E-state index contributed by atoms with van der Waals surface area (Å²) >= 11 is 0. The number of hydrogen-bond donors (Lipinski definition) is 1. The van der Waals surface area contributed by atoms with Gasteiger partial charge in [0.1, 0.15) is 17.5 Å². The number of hydrogen-bond acceptors (Lipinski definition) is 7. The molecule has 0 radical (unpaired) electrons. The molecule has 1 aromatic carbocycles. The first-order chi connectivity index (χ1) is 14.1. The lowest BCUT2D eigenvalue weighted by Crippen LogP contribution is -2.41. The van der Waals surface area contributed by atoms with Crippen molar-refractivity contribution < 1.29 is 19.0 Å². The van der Waals surface area contributed by atoms with Crippen LogP contribution < -0.4 is 14.2 Å². The first kappa shape index (κ1) is 18.7. The van der Waals surface area contributed by atoms with Crippen molar-refractivity contribution in [2.75, 3.05) is 27.9 Å². The highest BCUT2D eigenvalue weighted by Crippen LogP contribution is 2.35. The number of nitrogens with zero attached hydrogens (tertiary/aromatic N) is 4. The minimum atomic E-state index is -0.352. The highest BCUT2D eigenvalue weighted by molar-refractivity contribution is 5.93. The normalized spacial score (nSPS) is 15.6. The number of imidazole rings is 1. The third-order valence-electron chi connectivity index (χ3n) is 4.91. The molecule has 3 heterocycles. The molecule has 0 saturated heterocycles. The van der Waals surface area contributed by atoms with Gasteiger partial charge in [-0.15, -0.1) is 0 Å². The highest BCUT2D eigenvalue weighted by atomic mass is 16.5. The van der Waals surface area contributed by atoms with Crippen molar-refractivity contribution in [1.82, 2.24) is 24.8 Å². The highest BCUT2D eigenvalue weighted by Gasteiger charge is 2.35. The number of fused-ring (bicyclic) bond motifs is 1.